The number of thiocarbonyl (C=S) groups is 1. The number of nitrogens with zero attached hydrogens (tertiary/aromatic N) is 3. The minimum atomic E-state index is -0.0690. The van der Waals surface area contributed by atoms with E-state index in [2.05, 4.69) is 20.1 Å². The fraction of sp³-hybridized carbons (Fsp3) is 0.346. The van der Waals surface area contributed by atoms with Crippen LogP contribution < -0.4 is 5.32 Å². The Bertz CT molecular complexity index is 1060. The molecule has 0 amide bonds. The van der Waals surface area contributed by atoms with Crippen LogP contribution in [0.15, 0.2) is 70.9 Å². The van der Waals surface area contributed by atoms with Crippen LogP contribution in [-0.2, 0) is 4.79 Å². The molecule has 0 radical (unpaired) electrons. The SMILES string of the molecule is O=C1CC(c2ccc(Cl)cc2)CC(O)=C1C=NCCN1CCN(C(=S)Nc2ccccc2)CC1. The van der Waals surface area contributed by atoms with Crippen molar-refractivity contribution in [2.75, 3.05) is 44.6 Å². The zero-order chi connectivity index (χ0) is 23.9. The molecule has 2 aromatic rings. The molecular formula is C26H29ClN4O2S. The summed E-state index contributed by atoms with van der Waals surface area (Å²) in [5.74, 6) is 0.0224. The number of halogens is 1. The van der Waals surface area contributed by atoms with Gasteiger partial charge in [0.25, 0.3) is 0 Å². The molecule has 2 aliphatic rings. The highest BCUT2D eigenvalue weighted by Crippen LogP contribution is 2.33. The second kappa shape index (κ2) is 11.6. The number of rotatable bonds is 6. The molecule has 0 saturated carbocycles. The van der Waals surface area contributed by atoms with Crippen LogP contribution in [-0.4, -0.2) is 71.3 Å². The van der Waals surface area contributed by atoms with Crippen LogP contribution in [0.25, 0.3) is 0 Å². The first kappa shape index (κ1) is 24.4. The van der Waals surface area contributed by atoms with E-state index in [9.17, 15) is 9.90 Å². The molecule has 178 valence electrons. The minimum Gasteiger partial charge on any atom is -0.511 e. The fourth-order valence-electron chi connectivity index (χ4n) is 4.28. The summed E-state index contributed by atoms with van der Waals surface area (Å²) in [6.45, 7) is 4.91. The zero-order valence-corrected chi connectivity index (χ0v) is 20.6. The van der Waals surface area contributed by atoms with Gasteiger partial charge in [-0.05, 0) is 48.0 Å². The summed E-state index contributed by atoms with van der Waals surface area (Å²) >= 11 is 11.5. The number of carbonyl (C=O) groups excluding carboxylic acids is 1. The van der Waals surface area contributed by atoms with Gasteiger partial charge in [-0.15, -0.1) is 0 Å². The Morgan fingerprint density at radius 1 is 1.09 bits per heavy atom. The summed E-state index contributed by atoms with van der Waals surface area (Å²) in [7, 11) is 0. The van der Waals surface area contributed by atoms with Crippen LogP contribution >= 0.6 is 23.8 Å². The molecule has 1 heterocycles. The van der Waals surface area contributed by atoms with E-state index in [0.717, 1.165) is 49.1 Å². The molecule has 2 aromatic carbocycles. The van der Waals surface area contributed by atoms with Crippen molar-refractivity contribution in [2.45, 2.75) is 18.8 Å². The fourth-order valence-corrected chi connectivity index (χ4v) is 4.71. The first-order valence-electron chi connectivity index (χ1n) is 11.5. The van der Waals surface area contributed by atoms with Gasteiger partial charge in [0.15, 0.2) is 10.9 Å². The van der Waals surface area contributed by atoms with E-state index in [1.165, 1.54) is 0 Å². The predicted octanol–water partition coefficient (Wildman–Crippen LogP) is 4.68. The Morgan fingerprint density at radius 2 is 1.79 bits per heavy atom. The number of piperazine rings is 1. The van der Waals surface area contributed by atoms with E-state index < -0.39 is 0 Å². The number of hydrogen-bond acceptors (Lipinski definition) is 5. The van der Waals surface area contributed by atoms with Crippen molar-refractivity contribution in [1.29, 1.82) is 0 Å². The molecule has 2 N–H and O–H groups in total. The summed E-state index contributed by atoms with van der Waals surface area (Å²) in [4.78, 5) is 21.6. The molecule has 1 atom stereocenters. The molecule has 0 spiro atoms. The molecule has 8 heteroatoms. The van der Waals surface area contributed by atoms with Crippen molar-refractivity contribution < 1.29 is 9.90 Å². The van der Waals surface area contributed by atoms with Gasteiger partial charge in [0, 0.05) is 62.5 Å². The Kier molecular flexibility index (Phi) is 8.32. The minimum absolute atomic E-state index is 0.0272. The molecule has 1 aliphatic carbocycles. The first-order valence-corrected chi connectivity index (χ1v) is 12.3. The second-order valence-corrected chi connectivity index (χ2v) is 9.42. The lowest BCUT2D eigenvalue weighted by Gasteiger charge is -2.36. The van der Waals surface area contributed by atoms with E-state index >= 15 is 0 Å². The first-order chi connectivity index (χ1) is 16.5. The van der Waals surface area contributed by atoms with Gasteiger partial charge in [-0.3, -0.25) is 14.7 Å². The summed E-state index contributed by atoms with van der Waals surface area (Å²) in [6.07, 6.45) is 2.35. The maximum Gasteiger partial charge on any atom is 0.173 e. The van der Waals surface area contributed by atoms with Crippen LogP contribution in [0.1, 0.15) is 24.3 Å². The number of aliphatic imine (C=N–C) groups is 1. The number of para-hydroxylation sites is 1. The van der Waals surface area contributed by atoms with Crippen LogP contribution in [0.2, 0.25) is 5.02 Å². The van der Waals surface area contributed by atoms with Gasteiger partial charge in [-0.25, -0.2) is 0 Å². The molecule has 4 rings (SSSR count). The highest BCUT2D eigenvalue weighted by Gasteiger charge is 2.27. The van der Waals surface area contributed by atoms with Crippen molar-refractivity contribution in [3.05, 3.63) is 76.5 Å². The monoisotopic (exact) mass is 496 g/mol. The van der Waals surface area contributed by atoms with Crippen molar-refractivity contribution in [3.8, 4) is 0 Å². The quantitative estimate of drug-likeness (QED) is 0.447. The van der Waals surface area contributed by atoms with E-state index in [0.29, 0.717) is 30.0 Å². The van der Waals surface area contributed by atoms with E-state index in [4.69, 9.17) is 23.8 Å². The maximum atomic E-state index is 12.6. The van der Waals surface area contributed by atoms with Crippen molar-refractivity contribution in [3.63, 3.8) is 0 Å². The third-order valence-corrected chi connectivity index (χ3v) is 6.89. The standard InChI is InChI=1S/C26H29ClN4O2S/c27-21-8-6-19(7-9-21)20-16-24(32)23(25(33)17-20)18-28-10-11-30-12-14-31(15-13-30)26(34)29-22-4-2-1-3-5-22/h1-9,18,20,32H,10-17H2,(H,29,34). The molecule has 1 unspecified atom stereocenters. The number of Topliss-reactive ketones (excluding diaryl/α,β-unsaturated/α-hetero) is 1. The van der Waals surface area contributed by atoms with E-state index in [1.807, 2.05) is 54.6 Å². The van der Waals surface area contributed by atoms with Gasteiger partial charge in [-0.1, -0.05) is 41.9 Å². The number of aliphatic hydroxyl groups excluding tert-OH is 1. The van der Waals surface area contributed by atoms with Gasteiger partial charge in [0.05, 0.1) is 12.1 Å². The Hall–Kier alpha value is -2.74. The summed E-state index contributed by atoms with van der Waals surface area (Å²) in [6, 6.07) is 17.4. The number of benzene rings is 2. The third-order valence-electron chi connectivity index (χ3n) is 6.27. The lowest BCUT2D eigenvalue weighted by molar-refractivity contribution is -0.116. The number of ketones is 1. The van der Waals surface area contributed by atoms with Gasteiger partial charge in [-0.2, -0.15) is 0 Å². The molecule has 1 aliphatic heterocycles. The second-order valence-electron chi connectivity index (χ2n) is 8.60. The molecule has 1 saturated heterocycles. The Morgan fingerprint density at radius 3 is 2.47 bits per heavy atom. The molecule has 0 bridgehead atoms. The van der Waals surface area contributed by atoms with E-state index in [1.54, 1.807) is 6.21 Å². The van der Waals surface area contributed by atoms with Crippen molar-refractivity contribution in [1.82, 2.24) is 9.80 Å². The maximum absolute atomic E-state index is 12.6. The van der Waals surface area contributed by atoms with Crippen LogP contribution in [0.4, 0.5) is 5.69 Å². The van der Waals surface area contributed by atoms with E-state index in [-0.39, 0.29) is 17.5 Å². The predicted molar refractivity (Wildman–Crippen MR) is 142 cm³/mol. The lowest BCUT2D eigenvalue weighted by atomic mass is 9.83. The number of nitrogens with one attached hydrogen (secondary N) is 1. The topological polar surface area (TPSA) is 68.2 Å². The number of aliphatic hydroxyl groups is 1. The molecule has 6 nitrogen and oxygen atoms in total. The van der Waals surface area contributed by atoms with Crippen LogP contribution in [0, 0.1) is 0 Å². The van der Waals surface area contributed by atoms with Crippen LogP contribution in [0.3, 0.4) is 0 Å². The number of hydrogen-bond donors (Lipinski definition) is 2. The summed E-state index contributed by atoms with van der Waals surface area (Å²) in [5.41, 5.74) is 2.35. The molecule has 34 heavy (non-hydrogen) atoms. The van der Waals surface area contributed by atoms with Crippen LogP contribution in [0.5, 0.6) is 0 Å². The summed E-state index contributed by atoms with van der Waals surface area (Å²) < 4.78 is 0. The van der Waals surface area contributed by atoms with Gasteiger partial charge in [0.1, 0.15) is 5.76 Å². The average molecular weight is 497 g/mol. The smallest absolute Gasteiger partial charge is 0.173 e. The number of carbonyl (C=O) groups is 1. The molecular weight excluding hydrogens is 468 g/mol. The van der Waals surface area contributed by atoms with Gasteiger partial charge in [0.2, 0.25) is 0 Å². The van der Waals surface area contributed by atoms with Crippen molar-refractivity contribution >= 4 is 46.6 Å². The normalized spacial score (nSPS) is 19.6. The largest absolute Gasteiger partial charge is 0.511 e. The molecule has 1 fully saturated rings. The number of allylic oxidation sites excluding steroid dienone is 2. The third kappa shape index (κ3) is 6.44. The Labute approximate surface area is 210 Å². The number of anilines is 1. The Balaban J connectivity index is 1.21. The average Bonchev–Trinajstić information content (AvgIpc) is 2.84. The van der Waals surface area contributed by atoms with Crippen molar-refractivity contribution in [2.24, 2.45) is 4.99 Å². The lowest BCUT2D eigenvalue weighted by Crippen LogP contribution is -2.50. The highest BCUT2D eigenvalue weighted by molar-refractivity contribution is 7.80. The molecule has 0 aromatic heterocycles. The summed E-state index contributed by atoms with van der Waals surface area (Å²) in [5, 5.41) is 15.2. The van der Waals surface area contributed by atoms with Gasteiger partial charge >= 0.3 is 0 Å². The highest BCUT2D eigenvalue weighted by atomic mass is 35.5. The zero-order valence-electron chi connectivity index (χ0n) is 19.0. The van der Waals surface area contributed by atoms with Gasteiger partial charge < -0.3 is 15.3 Å².